The number of carbonyl (C=O) groups excluding carboxylic acids is 1. The van der Waals surface area contributed by atoms with E-state index in [1.54, 1.807) is 59.6 Å². The van der Waals surface area contributed by atoms with Crippen LogP contribution in [0.3, 0.4) is 0 Å². The van der Waals surface area contributed by atoms with Crippen molar-refractivity contribution in [3.8, 4) is 5.69 Å². The highest BCUT2D eigenvalue weighted by molar-refractivity contribution is 6.32. The number of nitrogens with one attached hydrogen (secondary N) is 2. The number of benzene rings is 2. The Morgan fingerprint density at radius 3 is 2.62 bits per heavy atom. The zero-order chi connectivity index (χ0) is 22.5. The number of hydrogen-bond donors (Lipinski definition) is 3. The van der Waals surface area contributed by atoms with E-state index in [-0.39, 0.29) is 12.5 Å². The van der Waals surface area contributed by atoms with Gasteiger partial charge in [-0.2, -0.15) is 0 Å². The van der Waals surface area contributed by atoms with E-state index in [1.165, 1.54) is 0 Å². The normalized spacial score (nSPS) is 11.7. The number of aliphatic hydroxyl groups excluding tert-OH is 1. The Labute approximate surface area is 195 Å². The zero-order valence-electron chi connectivity index (χ0n) is 16.9. The van der Waals surface area contributed by atoms with Crippen molar-refractivity contribution < 1.29 is 9.90 Å². The Bertz CT molecular complexity index is 1230. The lowest BCUT2D eigenvalue weighted by Gasteiger charge is -2.16. The van der Waals surface area contributed by atoms with E-state index in [4.69, 9.17) is 23.2 Å². The zero-order valence-corrected chi connectivity index (χ0v) is 18.4. The van der Waals surface area contributed by atoms with Gasteiger partial charge in [-0.25, -0.2) is 4.98 Å². The molecule has 3 N–H and O–H groups in total. The van der Waals surface area contributed by atoms with Crippen LogP contribution in [0.1, 0.15) is 22.0 Å². The predicted octanol–water partition coefficient (Wildman–Crippen LogP) is 5.39. The van der Waals surface area contributed by atoms with Gasteiger partial charge in [-0.15, -0.1) is 0 Å². The molecular weight excluding hydrogens is 447 g/mol. The summed E-state index contributed by atoms with van der Waals surface area (Å²) in [5, 5.41) is 16.8. The molecule has 4 aromatic rings. The van der Waals surface area contributed by atoms with E-state index in [2.05, 4.69) is 15.6 Å². The minimum Gasteiger partial charge on any atom is -0.394 e. The number of para-hydroxylation sites is 1. The summed E-state index contributed by atoms with van der Waals surface area (Å²) in [6.07, 6.45) is 4.98. The number of halogens is 2. The summed E-state index contributed by atoms with van der Waals surface area (Å²) in [7, 11) is 0. The van der Waals surface area contributed by atoms with Gasteiger partial charge in [0.25, 0.3) is 5.91 Å². The SMILES string of the molecule is O=C(NC(CO)c1cccc(Cl)c1)c1ccn(-c2cc(Nc3ccccc3)ncc2Cl)c1. The van der Waals surface area contributed by atoms with Gasteiger partial charge < -0.3 is 20.3 Å². The van der Waals surface area contributed by atoms with E-state index in [0.29, 0.717) is 27.1 Å². The molecule has 2 aromatic carbocycles. The maximum absolute atomic E-state index is 12.8. The second-order valence-electron chi connectivity index (χ2n) is 7.08. The smallest absolute Gasteiger partial charge is 0.253 e. The highest BCUT2D eigenvalue weighted by atomic mass is 35.5. The van der Waals surface area contributed by atoms with Gasteiger partial charge in [-0.1, -0.05) is 53.5 Å². The molecule has 0 aliphatic rings. The van der Waals surface area contributed by atoms with Crippen LogP contribution in [-0.2, 0) is 0 Å². The van der Waals surface area contributed by atoms with Gasteiger partial charge in [0, 0.05) is 29.2 Å². The van der Waals surface area contributed by atoms with Gasteiger partial charge in [0.2, 0.25) is 0 Å². The van der Waals surface area contributed by atoms with Crippen molar-refractivity contribution in [1.29, 1.82) is 0 Å². The largest absolute Gasteiger partial charge is 0.394 e. The third-order valence-corrected chi connectivity index (χ3v) is 5.38. The molecule has 4 rings (SSSR count). The summed E-state index contributed by atoms with van der Waals surface area (Å²) < 4.78 is 1.75. The fourth-order valence-corrected chi connectivity index (χ4v) is 3.64. The summed E-state index contributed by atoms with van der Waals surface area (Å²) in [6.45, 7) is -0.252. The average molecular weight is 467 g/mol. The van der Waals surface area contributed by atoms with Gasteiger partial charge >= 0.3 is 0 Å². The minimum atomic E-state index is -0.573. The van der Waals surface area contributed by atoms with E-state index in [0.717, 1.165) is 11.3 Å². The van der Waals surface area contributed by atoms with Crippen LogP contribution >= 0.6 is 23.2 Å². The van der Waals surface area contributed by atoms with Gasteiger partial charge in [-0.05, 0) is 35.9 Å². The molecule has 1 atom stereocenters. The van der Waals surface area contributed by atoms with Crippen LogP contribution in [0, 0.1) is 0 Å². The number of aromatic nitrogens is 2. The van der Waals surface area contributed by atoms with Crippen LogP contribution in [0.25, 0.3) is 5.69 Å². The molecule has 2 aromatic heterocycles. The molecule has 8 heteroatoms. The Morgan fingerprint density at radius 1 is 1.06 bits per heavy atom. The molecular formula is C24H20Cl2N4O2. The summed E-state index contributed by atoms with van der Waals surface area (Å²) >= 11 is 12.4. The summed E-state index contributed by atoms with van der Waals surface area (Å²) in [5.41, 5.74) is 2.72. The number of anilines is 2. The van der Waals surface area contributed by atoms with Crippen LogP contribution in [0.5, 0.6) is 0 Å². The molecule has 0 bridgehead atoms. The van der Waals surface area contributed by atoms with Crippen molar-refractivity contribution >= 4 is 40.6 Å². The highest BCUT2D eigenvalue weighted by Crippen LogP contribution is 2.25. The average Bonchev–Trinajstić information content (AvgIpc) is 3.29. The molecule has 32 heavy (non-hydrogen) atoms. The topological polar surface area (TPSA) is 79.2 Å². The van der Waals surface area contributed by atoms with Crippen molar-refractivity contribution in [2.75, 3.05) is 11.9 Å². The molecule has 1 unspecified atom stereocenters. The number of pyridine rings is 1. The van der Waals surface area contributed by atoms with Gasteiger partial charge in [0.15, 0.2) is 0 Å². The van der Waals surface area contributed by atoms with Crippen molar-refractivity contribution in [1.82, 2.24) is 14.9 Å². The fourth-order valence-electron chi connectivity index (χ4n) is 3.24. The minimum absolute atomic E-state index is 0.252. The molecule has 0 radical (unpaired) electrons. The lowest BCUT2D eigenvalue weighted by atomic mass is 10.1. The summed E-state index contributed by atoms with van der Waals surface area (Å²) in [4.78, 5) is 17.1. The molecule has 2 heterocycles. The Balaban J connectivity index is 1.53. The maximum atomic E-state index is 12.8. The number of aliphatic hydroxyl groups is 1. The van der Waals surface area contributed by atoms with E-state index in [1.807, 2.05) is 30.3 Å². The molecule has 6 nitrogen and oxygen atoms in total. The van der Waals surface area contributed by atoms with Gasteiger partial charge in [0.1, 0.15) is 5.82 Å². The Morgan fingerprint density at radius 2 is 1.88 bits per heavy atom. The first kappa shape index (κ1) is 21.9. The third kappa shape index (κ3) is 5.11. The monoisotopic (exact) mass is 466 g/mol. The second kappa shape index (κ2) is 9.87. The Hall–Kier alpha value is -3.32. The molecule has 0 spiro atoms. The van der Waals surface area contributed by atoms with Crippen molar-refractivity contribution in [2.24, 2.45) is 0 Å². The van der Waals surface area contributed by atoms with Crippen LogP contribution in [0.15, 0.2) is 85.3 Å². The standard InChI is InChI=1S/C24H20Cl2N4O2/c25-18-6-4-5-16(11-18)21(15-31)29-24(32)17-9-10-30(14-17)22-12-23(27-13-20(22)26)28-19-7-2-1-3-8-19/h1-14,21,31H,15H2,(H,27,28)(H,29,32). The first-order chi connectivity index (χ1) is 15.5. The van der Waals surface area contributed by atoms with Crippen molar-refractivity contribution in [3.05, 3.63) is 106 Å². The molecule has 0 aliphatic carbocycles. The third-order valence-electron chi connectivity index (χ3n) is 4.85. The number of amides is 1. The van der Waals surface area contributed by atoms with Crippen molar-refractivity contribution in [2.45, 2.75) is 6.04 Å². The van der Waals surface area contributed by atoms with Crippen LogP contribution in [0.2, 0.25) is 10.0 Å². The van der Waals surface area contributed by atoms with Crippen LogP contribution in [0.4, 0.5) is 11.5 Å². The molecule has 1 amide bonds. The fraction of sp³-hybridized carbons (Fsp3) is 0.0833. The molecule has 0 aliphatic heterocycles. The predicted molar refractivity (Wildman–Crippen MR) is 127 cm³/mol. The quantitative estimate of drug-likeness (QED) is 0.341. The van der Waals surface area contributed by atoms with Crippen LogP contribution in [-0.4, -0.2) is 27.2 Å². The molecule has 0 fully saturated rings. The second-order valence-corrected chi connectivity index (χ2v) is 7.93. The van der Waals surface area contributed by atoms with Gasteiger partial charge in [0.05, 0.1) is 35.1 Å². The van der Waals surface area contributed by atoms with E-state index >= 15 is 0 Å². The lowest BCUT2D eigenvalue weighted by Crippen LogP contribution is -2.30. The first-order valence-electron chi connectivity index (χ1n) is 9.86. The van der Waals surface area contributed by atoms with Crippen molar-refractivity contribution in [3.63, 3.8) is 0 Å². The number of hydrogen-bond acceptors (Lipinski definition) is 4. The Kier molecular flexibility index (Phi) is 6.75. The summed E-state index contributed by atoms with van der Waals surface area (Å²) in [5.74, 6) is 0.298. The van der Waals surface area contributed by atoms with E-state index < -0.39 is 6.04 Å². The van der Waals surface area contributed by atoms with E-state index in [9.17, 15) is 9.90 Å². The number of carbonyl (C=O) groups is 1. The maximum Gasteiger partial charge on any atom is 0.253 e. The molecule has 0 saturated heterocycles. The number of rotatable bonds is 7. The van der Waals surface area contributed by atoms with Crippen LogP contribution < -0.4 is 10.6 Å². The van der Waals surface area contributed by atoms with Gasteiger partial charge in [-0.3, -0.25) is 4.79 Å². The molecule has 162 valence electrons. The summed E-state index contributed by atoms with van der Waals surface area (Å²) in [6, 6.07) is 19.6. The number of nitrogens with zero attached hydrogens (tertiary/aromatic N) is 2. The highest BCUT2D eigenvalue weighted by Gasteiger charge is 2.17. The molecule has 0 saturated carbocycles. The lowest BCUT2D eigenvalue weighted by molar-refractivity contribution is 0.0916. The first-order valence-corrected chi connectivity index (χ1v) is 10.6.